The van der Waals surface area contributed by atoms with Gasteiger partial charge in [0.25, 0.3) is 0 Å². The van der Waals surface area contributed by atoms with Crippen LogP contribution < -0.4 is 4.74 Å². The molecule has 0 radical (unpaired) electrons. The normalized spacial score (nSPS) is 14.5. The Kier molecular flexibility index (Phi) is 6.36. The van der Waals surface area contributed by atoms with Crippen molar-refractivity contribution in [3.8, 4) is 5.75 Å². The number of ether oxygens (including phenoxy) is 2. The second kappa shape index (κ2) is 9.18. The Morgan fingerprint density at radius 2 is 1.71 bits per heavy atom. The summed E-state index contributed by atoms with van der Waals surface area (Å²) in [5, 5.41) is 0. The van der Waals surface area contributed by atoms with E-state index in [-0.39, 0.29) is 18.9 Å². The highest BCUT2D eigenvalue weighted by molar-refractivity contribution is 7.89. The number of benzene rings is 3. The predicted molar refractivity (Wildman–Crippen MR) is 116 cm³/mol. The van der Waals surface area contributed by atoms with Gasteiger partial charge in [0.15, 0.2) is 0 Å². The molecule has 3 aromatic carbocycles. The van der Waals surface area contributed by atoms with Crippen LogP contribution in [0.25, 0.3) is 0 Å². The summed E-state index contributed by atoms with van der Waals surface area (Å²) in [6, 6.07) is 18.9. The lowest BCUT2D eigenvalue weighted by Gasteiger charge is -2.20. The molecule has 0 saturated heterocycles. The molecule has 5 nitrogen and oxygen atoms in total. The highest BCUT2D eigenvalue weighted by Crippen LogP contribution is 2.29. The summed E-state index contributed by atoms with van der Waals surface area (Å²) < 4.78 is 52.5. The van der Waals surface area contributed by atoms with E-state index in [1.165, 1.54) is 16.4 Å². The van der Waals surface area contributed by atoms with Gasteiger partial charge in [-0.3, -0.25) is 0 Å². The average molecular weight is 442 g/mol. The fourth-order valence-electron chi connectivity index (χ4n) is 3.57. The van der Waals surface area contributed by atoms with Crippen molar-refractivity contribution in [2.75, 3.05) is 13.2 Å². The van der Waals surface area contributed by atoms with Crippen LogP contribution in [0.2, 0.25) is 0 Å². The van der Waals surface area contributed by atoms with Crippen molar-refractivity contribution in [2.45, 2.75) is 31.6 Å². The van der Waals surface area contributed by atoms with Gasteiger partial charge in [-0.05, 0) is 53.9 Å². The lowest BCUT2D eigenvalue weighted by Crippen LogP contribution is -2.33. The Balaban J connectivity index is 1.49. The van der Waals surface area contributed by atoms with E-state index in [0.717, 1.165) is 22.3 Å². The zero-order valence-corrected chi connectivity index (χ0v) is 18.1. The average Bonchev–Trinajstić information content (AvgIpc) is 2.98. The number of rotatable bonds is 6. The van der Waals surface area contributed by atoms with Gasteiger partial charge in [0.1, 0.15) is 18.2 Å². The summed E-state index contributed by atoms with van der Waals surface area (Å²) in [5.74, 6) is 0.407. The zero-order valence-electron chi connectivity index (χ0n) is 17.3. The number of nitrogens with zero attached hydrogens (tertiary/aromatic N) is 1. The highest BCUT2D eigenvalue weighted by atomic mass is 32.2. The smallest absolute Gasteiger partial charge is 0.243 e. The Hall–Kier alpha value is -2.74. The Bertz CT molecular complexity index is 1160. The standard InChI is InChI=1S/C24H24FNO4S/c1-18-4-2-3-5-24(18)31(27,28)26-12-13-30-23-11-8-20(14-21(23)15-26)17-29-16-19-6-9-22(25)10-7-19/h2-11,14H,12-13,15-17H2,1H3. The van der Waals surface area contributed by atoms with Crippen molar-refractivity contribution in [3.05, 3.63) is 94.8 Å². The molecule has 4 rings (SSSR count). The molecule has 31 heavy (non-hydrogen) atoms. The van der Waals surface area contributed by atoms with Gasteiger partial charge in [-0.15, -0.1) is 0 Å². The topological polar surface area (TPSA) is 55.8 Å². The fourth-order valence-corrected chi connectivity index (χ4v) is 5.20. The number of sulfonamides is 1. The second-order valence-corrected chi connectivity index (χ2v) is 9.42. The summed E-state index contributed by atoms with van der Waals surface area (Å²) >= 11 is 0. The number of hydrogen-bond acceptors (Lipinski definition) is 4. The Morgan fingerprint density at radius 1 is 1.00 bits per heavy atom. The monoisotopic (exact) mass is 441 g/mol. The first kappa shape index (κ1) is 21.5. The minimum Gasteiger partial charge on any atom is -0.492 e. The quantitative estimate of drug-likeness (QED) is 0.568. The van der Waals surface area contributed by atoms with Crippen molar-refractivity contribution in [3.63, 3.8) is 0 Å². The van der Waals surface area contributed by atoms with Gasteiger partial charge in [-0.1, -0.05) is 36.4 Å². The van der Waals surface area contributed by atoms with Crippen molar-refractivity contribution in [1.29, 1.82) is 0 Å². The van der Waals surface area contributed by atoms with Gasteiger partial charge in [0, 0.05) is 18.7 Å². The predicted octanol–water partition coefficient (Wildman–Crippen LogP) is 4.43. The summed E-state index contributed by atoms with van der Waals surface area (Å²) in [5.41, 5.74) is 3.32. The van der Waals surface area contributed by atoms with E-state index in [4.69, 9.17) is 9.47 Å². The molecule has 0 bridgehead atoms. The van der Waals surface area contributed by atoms with Gasteiger partial charge in [-0.2, -0.15) is 4.31 Å². The van der Waals surface area contributed by atoms with E-state index in [1.54, 1.807) is 37.3 Å². The zero-order chi connectivity index (χ0) is 21.8. The largest absolute Gasteiger partial charge is 0.492 e. The van der Waals surface area contributed by atoms with E-state index < -0.39 is 10.0 Å². The molecule has 0 amide bonds. The molecular weight excluding hydrogens is 417 g/mol. The second-order valence-electron chi connectivity index (χ2n) is 7.51. The molecule has 1 aliphatic rings. The van der Waals surface area contributed by atoms with Gasteiger partial charge in [-0.25, -0.2) is 12.8 Å². The molecule has 162 valence electrons. The molecule has 0 saturated carbocycles. The van der Waals surface area contributed by atoms with E-state index in [1.807, 2.05) is 24.3 Å². The molecule has 0 unspecified atom stereocenters. The summed E-state index contributed by atoms with van der Waals surface area (Å²) in [4.78, 5) is 0.317. The van der Waals surface area contributed by atoms with Crippen LogP contribution in [0.5, 0.6) is 5.75 Å². The minimum atomic E-state index is -3.64. The fraction of sp³-hybridized carbons (Fsp3) is 0.250. The lowest BCUT2D eigenvalue weighted by molar-refractivity contribution is 0.107. The van der Waals surface area contributed by atoms with Crippen LogP contribution in [0.1, 0.15) is 22.3 Å². The van der Waals surface area contributed by atoms with Crippen LogP contribution in [0, 0.1) is 12.7 Å². The molecule has 0 fully saturated rings. The van der Waals surface area contributed by atoms with Crippen LogP contribution in [-0.4, -0.2) is 25.9 Å². The molecular formula is C24H24FNO4S. The number of halogens is 1. The third-order valence-electron chi connectivity index (χ3n) is 5.23. The van der Waals surface area contributed by atoms with Gasteiger partial charge in [0.05, 0.1) is 18.1 Å². The first-order chi connectivity index (χ1) is 14.9. The lowest BCUT2D eigenvalue weighted by atomic mass is 10.1. The molecule has 7 heteroatoms. The molecule has 0 aromatic heterocycles. The van der Waals surface area contributed by atoms with E-state index >= 15 is 0 Å². The van der Waals surface area contributed by atoms with Crippen LogP contribution in [-0.2, 0) is 34.5 Å². The van der Waals surface area contributed by atoms with Crippen LogP contribution in [0.3, 0.4) is 0 Å². The number of fused-ring (bicyclic) bond motifs is 1. The number of hydrogen-bond donors (Lipinski definition) is 0. The van der Waals surface area contributed by atoms with Crippen LogP contribution in [0.15, 0.2) is 71.6 Å². The molecule has 3 aromatic rings. The summed E-state index contributed by atoms with van der Waals surface area (Å²) in [7, 11) is -3.64. The van der Waals surface area contributed by atoms with Gasteiger partial charge >= 0.3 is 0 Å². The van der Waals surface area contributed by atoms with Crippen molar-refractivity contribution < 1.29 is 22.3 Å². The Labute approximate surface area is 182 Å². The maximum absolute atomic E-state index is 13.2. The molecule has 0 atom stereocenters. The van der Waals surface area contributed by atoms with Crippen molar-refractivity contribution >= 4 is 10.0 Å². The van der Waals surface area contributed by atoms with Crippen molar-refractivity contribution in [2.24, 2.45) is 0 Å². The summed E-state index contributed by atoms with van der Waals surface area (Å²) in [6.45, 7) is 3.32. The molecule has 0 aliphatic carbocycles. The SMILES string of the molecule is Cc1ccccc1S(=O)(=O)N1CCOc2ccc(COCc3ccc(F)cc3)cc2C1. The molecule has 1 aliphatic heterocycles. The third-order valence-corrected chi connectivity index (χ3v) is 7.24. The molecule has 1 heterocycles. The van der Waals surface area contributed by atoms with E-state index in [9.17, 15) is 12.8 Å². The minimum absolute atomic E-state index is 0.234. The van der Waals surface area contributed by atoms with Crippen LogP contribution in [0.4, 0.5) is 4.39 Å². The first-order valence-electron chi connectivity index (χ1n) is 10.1. The molecule has 0 N–H and O–H groups in total. The van der Waals surface area contributed by atoms with Crippen LogP contribution >= 0.6 is 0 Å². The van der Waals surface area contributed by atoms with Gasteiger partial charge in [0.2, 0.25) is 10.0 Å². The summed E-state index contributed by atoms with van der Waals surface area (Å²) in [6.07, 6.45) is 0. The first-order valence-corrected chi connectivity index (χ1v) is 11.5. The highest BCUT2D eigenvalue weighted by Gasteiger charge is 2.28. The third kappa shape index (κ3) is 4.95. The number of aryl methyl sites for hydroxylation is 1. The van der Waals surface area contributed by atoms with Gasteiger partial charge < -0.3 is 9.47 Å². The van der Waals surface area contributed by atoms with E-state index in [0.29, 0.717) is 30.5 Å². The van der Waals surface area contributed by atoms with Crippen molar-refractivity contribution in [1.82, 2.24) is 4.31 Å². The Morgan fingerprint density at radius 3 is 2.48 bits per heavy atom. The molecule has 0 spiro atoms. The van der Waals surface area contributed by atoms with E-state index in [2.05, 4.69) is 0 Å². The maximum atomic E-state index is 13.2. The maximum Gasteiger partial charge on any atom is 0.243 e.